The first-order valence-corrected chi connectivity index (χ1v) is 4.40. The average Bonchev–Trinajstić information content (AvgIpc) is 2.15. The van der Waals surface area contributed by atoms with Crippen molar-refractivity contribution in [2.24, 2.45) is 16.7 Å². The first kappa shape index (κ1) is 8.76. The number of carbonyl (C=O) groups excluding carboxylic acids is 1. The average molecular weight is 154 g/mol. The quantitative estimate of drug-likeness (QED) is 0.531. The van der Waals surface area contributed by atoms with Crippen LogP contribution in [0.2, 0.25) is 0 Å². The molecule has 0 aromatic rings. The van der Waals surface area contributed by atoms with E-state index in [4.69, 9.17) is 0 Å². The lowest BCUT2D eigenvalue weighted by molar-refractivity contribution is -0.120. The predicted octanol–water partition coefficient (Wildman–Crippen LogP) is 2.65. The van der Waals surface area contributed by atoms with Gasteiger partial charge in [-0.05, 0) is 24.2 Å². The van der Waals surface area contributed by atoms with Gasteiger partial charge in [0.05, 0.1) is 0 Å². The van der Waals surface area contributed by atoms with Crippen molar-refractivity contribution in [2.75, 3.05) is 0 Å². The molecular formula is C10H18O. The van der Waals surface area contributed by atoms with Crippen molar-refractivity contribution in [3.8, 4) is 0 Å². The Labute approximate surface area is 69.2 Å². The van der Waals surface area contributed by atoms with E-state index in [1.54, 1.807) is 0 Å². The Hall–Kier alpha value is -0.330. The summed E-state index contributed by atoms with van der Waals surface area (Å²) in [6.07, 6.45) is 3.41. The second-order valence-electron chi connectivity index (χ2n) is 4.70. The zero-order valence-corrected chi connectivity index (χ0v) is 7.98. The Kier molecular flexibility index (Phi) is 1.85. The monoisotopic (exact) mass is 154 g/mol. The van der Waals surface area contributed by atoms with E-state index >= 15 is 0 Å². The fourth-order valence-electron chi connectivity index (χ4n) is 1.97. The van der Waals surface area contributed by atoms with Gasteiger partial charge in [0, 0.05) is 5.41 Å². The Bertz CT molecular complexity index is 172. The molecule has 0 saturated heterocycles. The Morgan fingerprint density at radius 3 is 2.09 bits per heavy atom. The SMILES string of the molecule is CC1CCC(C)(C=O)C1(C)C. The van der Waals surface area contributed by atoms with E-state index in [2.05, 4.69) is 27.7 Å². The van der Waals surface area contributed by atoms with Crippen molar-refractivity contribution in [2.45, 2.75) is 40.5 Å². The molecule has 2 unspecified atom stereocenters. The molecule has 0 spiro atoms. The number of aldehydes is 1. The van der Waals surface area contributed by atoms with Crippen LogP contribution in [0.3, 0.4) is 0 Å². The Morgan fingerprint density at radius 1 is 1.36 bits per heavy atom. The van der Waals surface area contributed by atoms with Gasteiger partial charge in [0.2, 0.25) is 0 Å². The van der Waals surface area contributed by atoms with E-state index in [0.717, 1.165) is 12.7 Å². The van der Waals surface area contributed by atoms with Gasteiger partial charge in [-0.1, -0.05) is 27.7 Å². The molecule has 0 radical (unpaired) electrons. The van der Waals surface area contributed by atoms with Gasteiger partial charge < -0.3 is 4.79 Å². The maximum Gasteiger partial charge on any atom is 0.126 e. The molecule has 1 fully saturated rings. The molecule has 1 aliphatic carbocycles. The molecule has 64 valence electrons. The van der Waals surface area contributed by atoms with E-state index in [0.29, 0.717) is 5.92 Å². The van der Waals surface area contributed by atoms with Crippen molar-refractivity contribution in [1.29, 1.82) is 0 Å². The molecular weight excluding hydrogens is 136 g/mol. The first-order chi connectivity index (χ1) is 4.94. The molecule has 1 heteroatoms. The minimum Gasteiger partial charge on any atom is -0.303 e. The molecule has 1 saturated carbocycles. The molecule has 0 N–H and O–H groups in total. The predicted molar refractivity (Wildman–Crippen MR) is 46.4 cm³/mol. The van der Waals surface area contributed by atoms with E-state index in [-0.39, 0.29) is 10.8 Å². The van der Waals surface area contributed by atoms with Crippen LogP contribution in [0.4, 0.5) is 0 Å². The second-order valence-corrected chi connectivity index (χ2v) is 4.70. The highest BCUT2D eigenvalue weighted by Crippen LogP contribution is 2.54. The van der Waals surface area contributed by atoms with E-state index in [1.165, 1.54) is 6.42 Å². The second kappa shape index (κ2) is 2.33. The first-order valence-electron chi connectivity index (χ1n) is 4.40. The molecule has 2 atom stereocenters. The summed E-state index contributed by atoms with van der Waals surface area (Å²) in [5.74, 6) is 0.678. The van der Waals surface area contributed by atoms with Crippen LogP contribution in [0.1, 0.15) is 40.5 Å². The van der Waals surface area contributed by atoms with E-state index in [9.17, 15) is 4.79 Å². The van der Waals surface area contributed by atoms with Crippen molar-refractivity contribution in [3.05, 3.63) is 0 Å². The number of hydrogen-bond acceptors (Lipinski definition) is 1. The van der Waals surface area contributed by atoms with Crippen LogP contribution in [0, 0.1) is 16.7 Å². The molecule has 1 rings (SSSR count). The Morgan fingerprint density at radius 2 is 1.91 bits per heavy atom. The largest absolute Gasteiger partial charge is 0.303 e. The summed E-state index contributed by atoms with van der Waals surface area (Å²) < 4.78 is 0. The van der Waals surface area contributed by atoms with Crippen LogP contribution in [0.15, 0.2) is 0 Å². The normalized spacial score (nSPS) is 42.4. The maximum atomic E-state index is 10.9. The van der Waals surface area contributed by atoms with Crippen LogP contribution >= 0.6 is 0 Å². The van der Waals surface area contributed by atoms with Gasteiger partial charge in [-0.25, -0.2) is 0 Å². The van der Waals surface area contributed by atoms with Gasteiger partial charge in [0.1, 0.15) is 6.29 Å². The summed E-state index contributed by atoms with van der Waals surface area (Å²) in [5, 5.41) is 0. The third-order valence-corrected chi connectivity index (χ3v) is 4.06. The van der Waals surface area contributed by atoms with Crippen molar-refractivity contribution >= 4 is 6.29 Å². The zero-order chi connectivity index (χ0) is 8.70. The third-order valence-electron chi connectivity index (χ3n) is 4.06. The number of rotatable bonds is 1. The van der Waals surface area contributed by atoms with Gasteiger partial charge in [-0.3, -0.25) is 0 Å². The fourth-order valence-corrected chi connectivity index (χ4v) is 1.97. The summed E-state index contributed by atoms with van der Waals surface area (Å²) in [7, 11) is 0. The van der Waals surface area contributed by atoms with E-state index < -0.39 is 0 Å². The lowest BCUT2D eigenvalue weighted by Gasteiger charge is -2.36. The Balaban J connectivity index is 2.94. The summed E-state index contributed by atoms with van der Waals surface area (Å²) >= 11 is 0. The van der Waals surface area contributed by atoms with Crippen LogP contribution < -0.4 is 0 Å². The molecule has 0 aliphatic heterocycles. The van der Waals surface area contributed by atoms with Gasteiger partial charge in [-0.2, -0.15) is 0 Å². The lowest BCUT2D eigenvalue weighted by atomic mass is 9.67. The van der Waals surface area contributed by atoms with Crippen molar-refractivity contribution < 1.29 is 4.79 Å². The zero-order valence-electron chi connectivity index (χ0n) is 7.98. The van der Waals surface area contributed by atoms with Crippen molar-refractivity contribution in [3.63, 3.8) is 0 Å². The summed E-state index contributed by atoms with van der Waals surface area (Å²) in [5.41, 5.74) is 0.112. The molecule has 0 amide bonds. The maximum absolute atomic E-state index is 10.9. The van der Waals surface area contributed by atoms with Crippen LogP contribution in [0.5, 0.6) is 0 Å². The third kappa shape index (κ3) is 1.02. The van der Waals surface area contributed by atoms with Gasteiger partial charge in [0.25, 0.3) is 0 Å². The van der Waals surface area contributed by atoms with E-state index in [1.807, 2.05) is 0 Å². The lowest BCUT2D eigenvalue weighted by Crippen LogP contribution is -2.34. The smallest absolute Gasteiger partial charge is 0.126 e. The van der Waals surface area contributed by atoms with Crippen molar-refractivity contribution in [1.82, 2.24) is 0 Å². The highest BCUT2D eigenvalue weighted by molar-refractivity contribution is 5.61. The standard InChI is InChI=1S/C10H18O/c1-8-5-6-10(4,7-11)9(8,2)3/h7-8H,5-6H2,1-4H3. The summed E-state index contributed by atoms with van der Waals surface area (Å²) in [6, 6.07) is 0. The van der Waals surface area contributed by atoms with Gasteiger partial charge in [-0.15, -0.1) is 0 Å². The highest BCUT2D eigenvalue weighted by Gasteiger charge is 2.49. The molecule has 1 aliphatic rings. The minimum atomic E-state index is -0.0770. The minimum absolute atomic E-state index is 0.0770. The molecule has 0 aromatic carbocycles. The highest BCUT2D eigenvalue weighted by atomic mass is 16.1. The number of hydrogen-bond donors (Lipinski definition) is 0. The van der Waals surface area contributed by atoms with Crippen LogP contribution in [-0.2, 0) is 4.79 Å². The van der Waals surface area contributed by atoms with Gasteiger partial charge in [0.15, 0.2) is 0 Å². The van der Waals surface area contributed by atoms with Crippen LogP contribution in [0.25, 0.3) is 0 Å². The summed E-state index contributed by atoms with van der Waals surface area (Å²) in [4.78, 5) is 10.9. The summed E-state index contributed by atoms with van der Waals surface area (Å²) in [6.45, 7) is 8.75. The van der Waals surface area contributed by atoms with Gasteiger partial charge >= 0.3 is 0 Å². The number of carbonyl (C=O) groups is 1. The fraction of sp³-hybridized carbons (Fsp3) is 0.900. The van der Waals surface area contributed by atoms with Crippen LogP contribution in [-0.4, -0.2) is 6.29 Å². The molecule has 0 bridgehead atoms. The molecule has 0 heterocycles. The molecule has 0 aromatic heterocycles. The molecule has 11 heavy (non-hydrogen) atoms. The molecule has 1 nitrogen and oxygen atoms in total. The topological polar surface area (TPSA) is 17.1 Å².